The molecule has 0 spiro atoms. The van der Waals surface area contributed by atoms with Crippen LogP contribution >= 0.6 is 0 Å². The molecule has 0 saturated heterocycles. The Hall–Kier alpha value is -0.650. The maximum atomic E-state index is 11.6. The second kappa shape index (κ2) is 9.28. The smallest absolute Gasteiger partial charge is 0.222 e. The van der Waals surface area contributed by atoms with E-state index >= 15 is 0 Å². The molecule has 1 aliphatic carbocycles. The number of methoxy groups -OCH3 is 1. The van der Waals surface area contributed by atoms with E-state index in [2.05, 4.69) is 12.2 Å². The van der Waals surface area contributed by atoms with Crippen molar-refractivity contribution in [3.8, 4) is 0 Å². The molecule has 3 unspecified atom stereocenters. The van der Waals surface area contributed by atoms with Crippen LogP contribution in [0.5, 0.6) is 0 Å². The monoisotopic (exact) mass is 272 g/mol. The van der Waals surface area contributed by atoms with E-state index in [1.54, 1.807) is 7.11 Å². The lowest BCUT2D eigenvalue weighted by Crippen LogP contribution is -2.35. The van der Waals surface area contributed by atoms with Gasteiger partial charge in [0.05, 0.1) is 25.2 Å². The summed E-state index contributed by atoms with van der Waals surface area (Å²) in [7, 11) is 1.57. The first-order valence-electron chi connectivity index (χ1n) is 7.28. The summed E-state index contributed by atoms with van der Waals surface area (Å²) in [6.45, 7) is 3.75. The minimum Gasteiger partial charge on any atom is -0.380 e. The zero-order valence-corrected chi connectivity index (χ0v) is 12.2. The van der Waals surface area contributed by atoms with Crippen molar-refractivity contribution in [2.75, 3.05) is 26.8 Å². The molecule has 19 heavy (non-hydrogen) atoms. The first kappa shape index (κ1) is 16.4. The zero-order valence-electron chi connectivity index (χ0n) is 12.2. The molecule has 0 aromatic carbocycles. The first-order chi connectivity index (χ1) is 9.17. The van der Waals surface area contributed by atoms with Crippen LogP contribution in [-0.2, 0) is 14.3 Å². The number of amides is 1. The molecule has 0 aliphatic heterocycles. The predicted molar refractivity (Wildman–Crippen MR) is 74.9 cm³/mol. The minimum absolute atomic E-state index is 0.0300. The predicted octanol–water partition coefficient (Wildman–Crippen LogP) is 1.06. The van der Waals surface area contributed by atoms with Crippen molar-refractivity contribution < 1.29 is 14.3 Å². The molecule has 0 heterocycles. The Bertz CT molecular complexity index is 257. The van der Waals surface area contributed by atoms with Gasteiger partial charge in [0.2, 0.25) is 5.91 Å². The van der Waals surface area contributed by atoms with Crippen LogP contribution in [0.15, 0.2) is 0 Å². The number of carbonyl (C=O) groups is 1. The highest BCUT2D eigenvalue weighted by molar-refractivity contribution is 5.76. The molecule has 0 aromatic heterocycles. The molecule has 0 aromatic rings. The van der Waals surface area contributed by atoms with Gasteiger partial charge in [-0.3, -0.25) is 4.79 Å². The van der Waals surface area contributed by atoms with Crippen molar-refractivity contribution >= 4 is 5.91 Å². The molecular formula is C14H28N2O3. The van der Waals surface area contributed by atoms with E-state index in [0.717, 1.165) is 6.42 Å². The molecule has 1 saturated carbocycles. The van der Waals surface area contributed by atoms with Crippen LogP contribution in [0.2, 0.25) is 0 Å². The third-order valence-corrected chi connectivity index (χ3v) is 3.80. The van der Waals surface area contributed by atoms with Crippen LogP contribution in [-0.4, -0.2) is 44.9 Å². The van der Waals surface area contributed by atoms with E-state index in [9.17, 15) is 4.79 Å². The van der Waals surface area contributed by atoms with Crippen LogP contribution in [0.3, 0.4) is 0 Å². The Balaban J connectivity index is 2.08. The van der Waals surface area contributed by atoms with Gasteiger partial charge in [-0.2, -0.15) is 0 Å². The number of carbonyl (C=O) groups excluding carboxylic acids is 1. The molecular weight excluding hydrogens is 244 g/mol. The van der Waals surface area contributed by atoms with Crippen LogP contribution in [0.4, 0.5) is 0 Å². The van der Waals surface area contributed by atoms with E-state index < -0.39 is 0 Å². The molecule has 1 rings (SSSR count). The summed E-state index contributed by atoms with van der Waals surface area (Å²) in [5, 5.41) is 2.84. The maximum Gasteiger partial charge on any atom is 0.222 e. The van der Waals surface area contributed by atoms with E-state index in [4.69, 9.17) is 15.2 Å². The Morgan fingerprint density at radius 2 is 2.16 bits per heavy atom. The van der Waals surface area contributed by atoms with Crippen molar-refractivity contribution in [3.05, 3.63) is 0 Å². The highest BCUT2D eigenvalue weighted by Gasteiger charge is 2.21. The maximum absolute atomic E-state index is 11.6. The number of hydrogen-bond acceptors (Lipinski definition) is 4. The molecule has 0 bridgehead atoms. The summed E-state index contributed by atoms with van der Waals surface area (Å²) >= 11 is 0. The zero-order chi connectivity index (χ0) is 14.1. The topological polar surface area (TPSA) is 73.6 Å². The van der Waals surface area contributed by atoms with Crippen LogP contribution in [0.1, 0.15) is 39.0 Å². The number of rotatable bonds is 8. The van der Waals surface area contributed by atoms with E-state index in [0.29, 0.717) is 38.1 Å². The fraction of sp³-hybridized carbons (Fsp3) is 0.929. The summed E-state index contributed by atoms with van der Waals surface area (Å²) in [6, 6.07) is 0. The van der Waals surface area contributed by atoms with E-state index in [1.807, 2.05) is 0 Å². The summed E-state index contributed by atoms with van der Waals surface area (Å²) in [4.78, 5) is 11.6. The van der Waals surface area contributed by atoms with Crippen LogP contribution < -0.4 is 11.1 Å². The Morgan fingerprint density at radius 3 is 2.79 bits per heavy atom. The summed E-state index contributed by atoms with van der Waals surface area (Å²) in [6.07, 6.45) is 5.45. The van der Waals surface area contributed by atoms with Crippen molar-refractivity contribution in [3.63, 3.8) is 0 Å². The van der Waals surface area contributed by atoms with Gasteiger partial charge in [-0.05, 0) is 18.8 Å². The van der Waals surface area contributed by atoms with E-state index in [1.165, 1.54) is 19.3 Å². The third kappa shape index (κ3) is 6.36. The van der Waals surface area contributed by atoms with Crippen LogP contribution in [0, 0.1) is 5.92 Å². The van der Waals surface area contributed by atoms with Gasteiger partial charge >= 0.3 is 0 Å². The number of nitrogens with one attached hydrogen (secondary N) is 1. The Labute approximate surface area is 116 Å². The average molecular weight is 272 g/mol. The van der Waals surface area contributed by atoms with Gasteiger partial charge in [0.15, 0.2) is 0 Å². The Kier molecular flexibility index (Phi) is 8.02. The first-order valence-corrected chi connectivity index (χ1v) is 7.28. The lowest BCUT2D eigenvalue weighted by molar-refractivity contribution is -0.123. The molecule has 1 fully saturated rings. The Morgan fingerprint density at radius 1 is 1.42 bits per heavy atom. The molecule has 5 nitrogen and oxygen atoms in total. The molecule has 112 valence electrons. The van der Waals surface area contributed by atoms with E-state index in [-0.39, 0.29) is 12.0 Å². The van der Waals surface area contributed by atoms with Gasteiger partial charge in [0, 0.05) is 20.2 Å². The van der Waals surface area contributed by atoms with Gasteiger partial charge in [-0.25, -0.2) is 0 Å². The molecule has 1 aliphatic rings. The third-order valence-electron chi connectivity index (χ3n) is 3.80. The molecule has 3 N–H and O–H groups in total. The number of ether oxygens (including phenoxy) is 2. The molecule has 5 heteroatoms. The van der Waals surface area contributed by atoms with Crippen molar-refractivity contribution in [1.29, 1.82) is 0 Å². The largest absolute Gasteiger partial charge is 0.380 e. The second-order valence-corrected chi connectivity index (χ2v) is 5.32. The average Bonchev–Trinajstić information content (AvgIpc) is 2.42. The highest BCUT2D eigenvalue weighted by Crippen LogP contribution is 2.25. The van der Waals surface area contributed by atoms with Gasteiger partial charge in [0.1, 0.15) is 0 Å². The fourth-order valence-electron chi connectivity index (χ4n) is 2.47. The standard InChI is InChI=1S/C14H28N2O3/c1-11-5-3-4-6-13(11)19-8-7-16-14(17)9-12(10-15)18-2/h11-13H,3-10,15H2,1-2H3,(H,16,17). The van der Waals surface area contributed by atoms with Crippen LogP contribution in [0.25, 0.3) is 0 Å². The molecule has 3 atom stereocenters. The van der Waals surface area contributed by atoms with Crippen molar-refractivity contribution in [2.24, 2.45) is 11.7 Å². The highest BCUT2D eigenvalue weighted by atomic mass is 16.5. The fourth-order valence-corrected chi connectivity index (χ4v) is 2.47. The summed E-state index contributed by atoms with van der Waals surface area (Å²) in [5.41, 5.74) is 5.47. The minimum atomic E-state index is -0.195. The molecule has 0 radical (unpaired) electrons. The van der Waals surface area contributed by atoms with Gasteiger partial charge in [0.25, 0.3) is 0 Å². The molecule has 1 amide bonds. The van der Waals surface area contributed by atoms with Crippen molar-refractivity contribution in [1.82, 2.24) is 5.32 Å². The van der Waals surface area contributed by atoms with Gasteiger partial charge < -0.3 is 20.5 Å². The van der Waals surface area contributed by atoms with Gasteiger partial charge in [-0.1, -0.05) is 19.8 Å². The summed E-state index contributed by atoms with van der Waals surface area (Å²) in [5.74, 6) is 0.608. The van der Waals surface area contributed by atoms with Gasteiger partial charge in [-0.15, -0.1) is 0 Å². The summed E-state index contributed by atoms with van der Waals surface area (Å²) < 4.78 is 10.9. The quantitative estimate of drug-likeness (QED) is 0.648. The SMILES string of the molecule is COC(CN)CC(=O)NCCOC1CCCCC1C. The number of nitrogens with two attached hydrogens (primary N) is 1. The van der Waals surface area contributed by atoms with Crippen molar-refractivity contribution in [2.45, 2.75) is 51.2 Å². The lowest BCUT2D eigenvalue weighted by atomic mass is 9.88. The normalized spacial score (nSPS) is 25.0. The second-order valence-electron chi connectivity index (χ2n) is 5.32. The lowest BCUT2D eigenvalue weighted by Gasteiger charge is -2.28. The number of hydrogen-bond donors (Lipinski definition) is 2.